The number of aliphatic hydroxyl groups is 1. The van der Waals surface area contributed by atoms with Crippen LogP contribution in [0.25, 0.3) is 5.69 Å². The molecule has 0 saturated carbocycles. The molecule has 0 spiro atoms. The highest BCUT2D eigenvalue weighted by molar-refractivity contribution is 5.93. The topological polar surface area (TPSA) is 96.6 Å². The van der Waals surface area contributed by atoms with Gasteiger partial charge in [-0.25, -0.2) is 9.48 Å². The Morgan fingerprint density at radius 2 is 1.97 bits per heavy atom. The van der Waals surface area contributed by atoms with Crippen molar-refractivity contribution < 1.29 is 14.6 Å². The zero-order valence-corrected chi connectivity index (χ0v) is 18.7. The highest BCUT2D eigenvalue weighted by Crippen LogP contribution is 2.22. The van der Waals surface area contributed by atoms with Gasteiger partial charge in [-0.15, -0.1) is 5.10 Å². The largest absolute Gasteiger partial charge is 0.457 e. The van der Waals surface area contributed by atoms with Gasteiger partial charge in [0.1, 0.15) is 19.2 Å². The van der Waals surface area contributed by atoms with Gasteiger partial charge in [0.15, 0.2) is 0 Å². The Balaban J connectivity index is 1.10. The van der Waals surface area contributed by atoms with Gasteiger partial charge in [0.05, 0.1) is 11.3 Å². The number of hydrogen-bond acceptors (Lipinski definition) is 8. The van der Waals surface area contributed by atoms with E-state index in [1.807, 2.05) is 30.3 Å². The normalized spacial score (nSPS) is 17.7. The molecule has 2 aliphatic rings. The number of esters is 1. The summed E-state index contributed by atoms with van der Waals surface area (Å²) < 4.78 is 6.72. The number of hydrogen-bond donors (Lipinski definition) is 1. The van der Waals surface area contributed by atoms with Crippen LogP contribution in [0.15, 0.2) is 42.7 Å². The number of carbonyl (C=O) groups is 1. The van der Waals surface area contributed by atoms with E-state index in [-0.39, 0.29) is 5.97 Å². The van der Waals surface area contributed by atoms with Crippen LogP contribution in [0.5, 0.6) is 0 Å². The fraction of sp³-hybridized carbons (Fsp3) is 0.417. The number of aromatic nitrogens is 4. The molecule has 3 aromatic rings. The van der Waals surface area contributed by atoms with Crippen molar-refractivity contribution in [2.75, 3.05) is 32.7 Å². The third kappa shape index (κ3) is 4.80. The zero-order chi connectivity index (χ0) is 22.8. The smallest absolute Gasteiger partial charge is 0.338 e. The number of nitrogens with zero attached hydrogens (tertiary/aromatic N) is 6. The fourth-order valence-electron chi connectivity index (χ4n) is 4.57. The van der Waals surface area contributed by atoms with E-state index in [0.29, 0.717) is 18.6 Å². The minimum Gasteiger partial charge on any atom is -0.457 e. The van der Waals surface area contributed by atoms with Gasteiger partial charge < -0.3 is 14.7 Å². The molecule has 33 heavy (non-hydrogen) atoms. The maximum atomic E-state index is 11.6. The molecule has 2 aliphatic heterocycles. The third-order valence-corrected chi connectivity index (χ3v) is 6.64. The summed E-state index contributed by atoms with van der Waals surface area (Å²) in [5, 5.41) is 22.1. The molecular weight excluding hydrogens is 420 g/mol. The van der Waals surface area contributed by atoms with Crippen molar-refractivity contribution in [1.29, 1.82) is 0 Å². The Bertz CT molecular complexity index is 1130. The van der Waals surface area contributed by atoms with Crippen LogP contribution in [-0.2, 0) is 24.2 Å². The van der Waals surface area contributed by atoms with Crippen molar-refractivity contribution in [2.24, 2.45) is 0 Å². The predicted octanol–water partition coefficient (Wildman–Crippen LogP) is 1.36. The first kappa shape index (κ1) is 21.7. The lowest BCUT2D eigenvalue weighted by Crippen LogP contribution is -2.51. The highest BCUT2D eigenvalue weighted by Gasteiger charge is 2.24. The second-order valence-corrected chi connectivity index (χ2v) is 8.75. The van der Waals surface area contributed by atoms with Crippen LogP contribution < -0.4 is 0 Å². The molecule has 172 valence electrons. The van der Waals surface area contributed by atoms with Gasteiger partial charge >= 0.3 is 5.97 Å². The van der Waals surface area contributed by atoms with Crippen molar-refractivity contribution >= 4 is 5.97 Å². The summed E-state index contributed by atoms with van der Waals surface area (Å²) in [4.78, 5) is 16.2. The number of benzene rings is 2. The molecule has 2 aromatic carbocycles. The Kier molecular flexibility index (Phi) is 6.17. The van der Waals surface area contributed by atoms with E-state index in [9.17, 15) is 9.90 Å². The minimum atomic E-state index is -0.501. The molecule has 0 bridgehead atoms. The first-order valence-electron chi connectivity index (χ1n) is 11.3. The summed E-state index contributed by atoms with van der Waals surface area (Å²) >= 11 is 0. The van der Waals surface area contributed by atoms with Crippen molar-refractivity contribution in [3.63, 3.8) is 0 Å². The van der Waals surface area contributed by atoms with Gasteiger partial charge in [0.25, 0.3) is 0 Å². The predicted molar refractivity (Wildman–Crippen MR) is 121 cm³/mol. The quantitative estimate of drug-likeness (QED) is 0.542. The lowest BCUT2D eigenvalue weighted by Gasteiger charge is -2.37. The Morgan fingerprint density at radius 3 is 2.73 bits per heavy atom. The van der Waals surface area contributed by atoms with Crippen LogP contribution in [0.2, 0.25) is 0 Å². The van der Waals surface area contributed by atoms with Crippen LogP contribution in [0.4, 0.5) is 0 Å². The zero-order valence-electron chi connectivity index (χ0n) is 18.7. The van der Waals surface area contributed by atoms with Crippen LogP contribution in [0, 0.1) is 6.92 Å². The Morgan fingerprint density at radius 1 is 1.12 bits per heavy atom. The molecule has 5 rings (SSSR count). The molecule has 1 aromatic heterocycles. The number of tetrazole rings is 1. The molecule has 9 nitrogen and oxygen atoms in total. The first-order chi connectivity index (χ1) is 16.1. The summed E-state index contributed by atoms with van der Waals surface area (Å²) in [5.74, 6) is -0.218. The number of fused-ring (bicyclic) bond motifs is 1. The molecule has 0 radical (unpaired) electrons. The summed E-state index contributed by atoms with van der Waals surface area (Å²) in [6.45, 7) is 6.95. The first-order valence-corrected chi connectivity index (χ1v) is 11.3. The molecule has 1 fully saturated rings. The monoisotopic (exact) mass is 448 g/mol. The van der Waals surface area contributed by atoms with Gasteiger partial charge in [-0.1, -0.05) is 18.2 Å². The molecule has 0 amide bonds. The Labute approximate surface area is 192 Å². The number of ether oxygens (including phenoxy) is 1. The van der Waals surface area contributed by atoms with Gasteiger partial charge in [-0.3, -0.25) is 4.90 Å². The maximum Gasteiger partial charge on any atom is 0.338 e. The fourth-order valence-corrected chi connectivity index (χ4v) is 4.57. The van der Waals surface area contributed by atoms with Crippen LogP contribution in [0.3, 0.4) is 0 Å². The number of piperazine rings is 1. The average molecular weight is 449 g/mol. The second-order valence-electron chi connectivity index (χ2n) is 8.75. The van der Waals surface area contributed by atoms with Gasteiger partial charge in [-0.05, 0) is 58.7 Å². The molecule has 9 heteroatoms. The third-order valence-electron chi connectivity index (χ3n) is 6.64. The van der Waals surface area contributed by atoms with E-state index < -0.39 is 6.23 Å². The van der Waals surface area contributed by atoms with Gasteiger partial charge in [0, 0.05) is 44.7 Å². The standard InChI is InChI=1S/C24H28N6O3/c1-17-12-21(30-16-25-26-27-30)4-3-19(17)14-23(31)29-10-8-28(9-11-29)7-6-18-2-5-22-20(13-18)15-33-24(22)32/h2-5,12-13,16,23,31H,6-11,14-15H2,1H3. The summed E-state index contributed by atoms with van der Waals surface area (Å²) in [6.07, 6.45) is 2.61. The average Bonchev–Trinajstić information content (AvgIpc) is 3.50. The lowest BCUT2D eigenvalue weighted by molar-refractivity contribution is -0.0242. The van der Waals surface area contributed by atoms with Gasteiger partial charge in [-0.2, -0.15) is 0 Å². The molecular formula is C24H28N6O3. The molecule has 1 saturated heterocycles. The van der Waals surface area contributed by atoms with Crippen molar-refractivity contribution in [1.82, 2.24) is 30.0 Å². The summed E-state index contributed by atoms with van der Waals surface area (Å²) in [6, 6.07) is 12.1. The SMILES string of the molecule is Cc1cc(-n2cnnn2)ccc1CC(O)N1CCN(CCc2ccc3c(c2)COC3=O)CC1. The molecule has 1 atom stereocenters. The van der Waals surface area contributed by atoms with E-state index in [1.165, 1.54) is 5.56 Å². The van der Waals surface area contributed by atoms with E-state index >= 15 is 0 Å². The van der Waals surface area contributed by atoms with Crippen LogP contribution >= 0.6 is 0 Å². The van der Waals surface area contributed by atoms with E-state index in [0.717, 1.165) is 61.5 Å². The maximum absolute atomic E-state index is 11.6. The van der Waals surface area contributed by atoms with E-state index in [4.69, 9.17) is 4.74 Å². The number of aliphatic hydroxyl groups excluding tert-OH is 1. The molecule has 1 N–H and O–H groups in total. The number of cyclic esters (lactones) is 1. The second kappa shape index (κ2) is 9.38. The van der Waals surface area contributed by atoms with Crippen molar-refractivity contribution in [3.05, 3.63) is 70.5 Å². The van der Waals surface area contributed by atoms with Crippen molar-refractivity contribution in [3.8, 4) is 5.69 Å². The highest BCUT2D eigenvalue weighted by atomic mass is 16.5. The number of rotatable bonds is 7. The molecule has 0 aliphatic carbocycles. The van der Waals surface area contributed by atoms with E-state index in [1.54, 1.807) is 11.0 Å². The van der Waals surface area contributed by atoms with Crippen LogP contribution in [0.1, 0.15) is 32.6 Å². The van der Waals surface area contributed by atoms with Crippen molar-refractivity contribution in [2.45, 2.75) is 32.6 Å². The summed E-state index contributed by atoms with van der Waals surface area (Å²) in [7, 11) is 0. The van der Waals surface area contributed by atoms with Gasteiger partial charge in [0.2, 0.25) is 0 Å². The molecule has 3 heterocycles. The summed E-state index contributed by atoms with van der Waals surface area (Å²) in [5.41, 5.74) is 6.07. The lowest BCUT2D eigenvalue weighted by atomic mass is 10.0. The number of aryl methyl sites for hydroxylation is 1. The van der Waals surface area contributed by atoms with E-state index in [2.05, 4.69) is 38.3 Å². The molecule has 1 unspecified atom stereocenters. The number of carbonyl (C=O) groups excluding carboxylic acids is 1. The Hall–Kier alpha value is -3.14. The minimum absolute atomic E-state index is 0.218. The van der Waals surface area contributed by atoms with Crippen LogP contribution in [-0.4, -0.2) is 80.0 Å².